The second kappa shape index (κ2) is 9.48. The second-order valence-electron chi connectivity index (χ2n) is 6.12. The predicted octanol–water partition coefficient (Wildman–Crippen LogP) is 5.71. The number of rotatable bonds is 5. The summed E-state index contributed by atoms with van der Waals surface area (Å²) in [5, 5.41) is 8.82. The van der Waals surface area contributed by atoms with Gasteiger partial charge in [-0.15, -0.1) is 0 Å². The number of phenols is 1. The van der Waals surface area contributed by atoms with Gasteiger partial charge in [-0.3, -0.25) is 0 Å². The van der Waals surface area contributed by atoms with Crippen LogP contribution in [0.25, 0.3) is 12.2 Å². The van der Waals surface area contributed by atoms with E-state index in [1.165, 1.54) is 0 Å². The van der Waals surface area contributed by atoms with Crippen molar-refractivity contribution in [3.63, 3.8) is 0 Å². The van der Waals surface area contributed by atoms with Crippen LogP contribution < -0.4 is 0 Å². The molecule has 0 radical (unpaired) electrons. The van der Waals surface area contributed by atoms with E-state index >= 15 is 0 Å². The summed E-state index contributed by atoms with van der Waals surface area (Å²) in [4.78, 5) is 11.8. The summed E-state index contributed by atoms with van der Waals surface area (Å²) in [7, 11) is 0. The zero-order valence-electron chi connectivity index (χ0n) is 15.2. The largest absolute Gasteiger partial charge is 0.508 e. The molecule has 2 aromatic rings. The fourth-order valence-corrected chi connectivity index (χ4v) is 1.75. The van der Waals surface area contributed by atoms with Gasteiger partial charge in [0, 0.05) is 0 Å². The Hall–Kier alpha value is -2.81. The summed E-state index contributed by atoms with van der Waals surface area (Å²) in [6, 6.07) is 14.1. The lowest BCUT2D eigenvalue weighted by molar-refractivity contribution is -0.00243. The van der Waals surface area contributed by atoms with Gasteiger partial charge in [0.1, 0.15) is 11.4 Å². The fraction of sp³-hybridized carbons (Fsp3) is 0.227. The summed E-state index contributed by atoms with van der Waals surface area (Å²) in [6.45, 7) is 13.0. The highest BCUT2D eigenvalue weighted by molar-refractivity contribution is 5.89. The minimum Gasteiger partial charge on any atom is -0.508 e. The molecule has 2 aromatic carbocycles. The number of ether oxygens (including phenoxy) is 1. The van der Waals surface area contributed by atoms with Crippen LogP contribution in [0.1, 0.15) is 48.7 Å². The van der Waals surface area contributed by atoms with Crippen molar-refractivity contribution in [3.05, 3.63) is 78.4 Å². The van der Waals surface area contributed by atoms with Crippen molar-refractivity contribution in [2.24, 2.45) is 0 Å². The molecule has 0 aliphatic heterocycles. The van der Waals surface area contributed by atoms with E-state index in [0.717, 1.165) is 17.5 Å². The molecule has 0 spiro atoms. The van der Waals surface area contributed by atoms with Gasteiger partial charge < -0.3 is 9.84 Å². The molecular weight excluding hydrogens is 312 g/mol. The van der Waals surface area contributed by atoms with E-state index in [9.17, 15) is 4.79 Å². The number of benzene rings is 2. The van der Waals surface area contributed by atoms with Gasteiger partial charge in [0.25, 0.3) is 0 Å². The van der Waals surface area contributed by atoms with Crippen LogP contribution in [-0.4, -0.2) is 16.7 Å². The number of aromatic hydroxyl groups is 1. The molecule has 0 bridgehead atoms. The van der Waals surface area contributed by atoms with Crippen LogP contribution in [0.5, 0.6) is 5.75 Å². The van der Waals surface area contributed by atoms with E-state index in [4.69, 9.17) is 9.84 Å². The third-order valence-corrected chi connectivity index (χ3v) is 3.73. The highest BCUT2D eigenvalue weighted by atomic mass is 16.6. The first-order chi connectivity index (χ1) is 11.8. The van der Waals surface area contributed by atoms with Crippen molar-refractivity contribution in [3.8, 4) is 5.75 Å². The Balaban J connectivity index is 0.000000293. The maximum absolute atomic E-state index is 11.8. The van der Waals surface area contributed by atoms with Gasteiger partial charge in [-0.1, -0.05) is 56.5 Å². The number of esters is 1. The van der Waals surface area contributed by atoms with Crippen molar-refractivity contribution in [2.75, 3.05) is 0 Å². The van der Waals surface area contributed by atoms with Gasteiger partial charge in [0.2, 0.25) is 0 Å². The van der Waals surface area contributed by atoms with Crippen molar-refractivity contribution in [2.45, 2.75) is 32.8 Å². The maximum Gasteiger partial charge on any atom is 0.338 e. The Morgan fingerprint density at radius 3 is 1.84 bits per heavy atom. The number of hydrogen-bond acceptors (Lipinski definition) is 3. The molecule has 2 rings (SSSR count). The molecule has 0 aliphatic rings. The number of carbonyl (C=O) groups excluding carboxylic acids is 1. The summed E-state index contributed by atoms with van der Waals surface area (Å²) in [6.07, 6.45) is 4.27. The lowest BCUT2D eigenvalue weighted by atomic mass is 10.1. The molecule has 0 unspecified atom stereocenters. The Morgan fingerprint density at radius 2 is 1.44 bits per heavy atom. The lowest BCUT2D eigenvalue weighted by Gasteiger charge is -2.23. The minimum atomic E-state index is -0.409. The fourth-order valence-electron chi connectivity index (χ4n) is 1.75. The molecule has 3 heteroatoms. The van der Waals surface area contributed by atoms with Crippen LogP contribution in [0.15, 0.2) is 61.7 Å². The third kappa shape index (κ3) is 7.08. The molecule has 0 saturated heterocycles. The first-order valence-electron chi connectivity index (χ1n) is 8.18. The van der Waals surface area contributed by atoms with Crippen LogP contribution in [0.3, 0.4) is 0 Å². The predicted molar refractivity (Wildman–Crippen MR) is 105 cm³/mol. The standard InChI is InChI=1S/C14H18O2.C8H8O/c1-5-11-7-9-12(10-8-11)13(15)16-14(3,4)6-2;1-2-7-3-5-8(9)6-4-7/h5,7-10H,1,6H2,2-4H3;2-6,9H,1H2. The molecule has 132 valence electrons. The van der Waals surface area contributed by atoms with Crippen LogP contribution in [-0.2, 0) is 4.74 Å². The smallest absolute Gasteiger partial charge is 0.338 e. The monoisotopic (exact) mass is 338 g/mol. The SMILES string of the molecule is C=Cc1ccc(C(=O)OC(C)(C)CC)cc1.C=Cc1ccc(O)cc1. The summed E-state index contributed by atoms with van der Waals surface area (Å²) in [5.74, 6) is 0.0167. The van der Waals surface area contributed by atoms with Gasteiger partial charge in [0.15, 0.2) is 0 Å². The molecular formula is C22H26O3. The zero-order valence-corrected chi connectivity index (χ0v) is 15.2. The van der Waals surface area contributed by atoms with E-state index in [2.05, 4.69) is 13.2 Å². The molecule has 3 nitrogen and oxygen atoms in total. The summed E-state index contributed by atoms with van der Waals surface area (Å²) in [5.41, 5.74) is 2.18. The van der Waals surface area contributed by atoms with Gasteiger partial charge in [0.05, 0.1) is 5.56 Å². The summed E-state index contributed by atoms with van der Waals surface area (Å²) < 4.78 is 5.38. The van der Waals surface area contributed by atoms with Gasteiger partial charge in [-0.05, 0) is 55.7 Å². The topological polar surface area (TPSA) is 46.5 Å². The van der Waals surface area contributed by atoms with Gasteiger partial charge >= 0.3 is 5.97 Å². The average molecular weight is 338 g/mol. The number of phenolic OH excluding ortho intramolecular Hbond substituents is 1. The first-order valence-corrected chi connectivity index (χ1v) is 8.18. The first kappa shape index (κ1) is 20.2. The minimum absolute atomic E-state index is 0.275. The molecule has 1 N–H and O–H groups in total. The van der Waals surface area contributed by atoms with E-state index < -0.39 is 5.60 Å². The Morgan fingerprint density at radius 1 is 1.00 bits per heavy atom. The normalized spacial score (nSPS) is 10.2. The lowest BCUT2D eigenvalue weighted by Crippen LogP contribution is -2.27. The molecule has 0 atom stereocenters. The molecule has 0 aromatic heterocycles. The van der Waals surface area contributed by atoms with Gasteiger partial charge in [-0.2, -0.15) is 0 Å². The van der Waals surface area contributed by atoms with Crippen LogP contribution in [0.2, 0.25) is 0 Å². The van der Waals surface area contributed by atoms with E-state index in [1.807, 2.05) is 45.0 Å². The molecule has 0 amide bonds. The second-order valence-corrected chi connectivity index (χ2v) is 6.12. The van der Waals surface area contributed by atoms with Crippen LogP contribution in [0, 0.1) is 0 Å². The highest BCUT2D eigenvalue weighted by Crippen LogP contribution is 2.17. The molecule has 25 heavy (non-hydrogen) atoms. The van der Waals surface area contributed by atoms with Gasteiger partial charge in [-0.25, -0.2) is 4.79 Å². The summed E-state index contributed by atoms with van der Waals surface area (Å²) >= 11 is 0. The Bertz CT molecular complexity index is 695. The van der Waals surface area contributed by atoms with E-state index in [0.29, 0.717) is 11.3 Å². The zero-order chi connectivity index (χ0) is 18.9. The van der Waals surface area contributed by atoms with Crippen LogP contribution in [0.4, 0.5) is 0 Å². The van der Waals surface area contributed by atoms with Crippen molar-refractivity contribution < 1.29 is 14.6 Å². The molecule has 0 heterocycles. The third-order valence-electron chi connectivity index (χ3n) is 3.73. The van der Waals surface area contributed by atoms with Crippen LogP contribution >= 0.6 is 0 Å². The van der Waals surface area contributed by atoms with Crippen molar-refractivity contribution in [1.29, 1.82) is 0 Å². The molecule has 0 aliphatic carbocycles. The maximum atomic E-state index is 11.8. The van der Waals surface area contributed by atoms with E-state index in [1.54, 1.807) is 36.4 Å². The van der Waals surface area contributed by atoms with Crippen molar-refractivity contribution >= 4 is 18.1 Å². The highest BCUT2D eigenvalue weighted by Gasteiger charge is 2.21. The average Bonchev–Trinajstić information content (AvgIpc) is 2.62. The number of carbonyl (C=O) groups is 1. The number of hydrogen-bond donors (Lipinski definition) is 1. The Labute approximate surface area is 150 Å². The quantitative estimate of drug-likeness (QED) is 0.710. The molecule has 0 fully saturated rings. The van der Waals surface area contributed by atoms with E-state index in [-0.39, 0.29) is 5.97 Å². The Kier molecular flexibility index (Phi) is 7.67. The molecule has 0 saturated carbocycles. The van der Waals surface area contributed by atoms with Crippen molar-refractivity contribution in [1.82, 2.24) is 0 Å².